The average Bonchev–Trinajstić information content (AvgIpc) is 3.63. The van der Waals surface area contributed by atoms with Crippen molar-refractivity contribution in [2.75, 3.05) is 0 Å². The first kappa shape index (κ1) is 49.8. The molecular formula is C56H62O13. The van der Waals surface area contributed by atoms with Crippen LogP contribution in [0.25, 0.3) is 43.9 Å². The van der Waals surface area contributed by atoms with Gasteiger partial charge in [0.2, 0.25) is 22.4 Å². The molecule has 0 radical (unpaired) electrons. The van der Waals surface area contributed by atoms with Crippen LogP contribution in [0.3, 0.4) is 0 Å². The summed E-state index contributed by atoms with van der Waals surface area (Å²) >= 11 is 0. The van der Waals surface area contributed by atoms with Gasteiger partial charge < -0.3 is 54.4 Å². The van der Waals surface area contributed by atoms with Gasteiger partial charge in [0.05, 0.1) is 22.3 Å². The van der Waals surface area contributed by atoms with Gasteiger partial charge in [-0.05, 0) is 126 Å². The second-order valence-electron chi connectivity index (χ2n) is 19.8. The van der Waals surface area contributed by atoms with Crippen molar-refractivity contribution in [1.29, 1.82) is 0 Å². The van der Waals surface area contributed by atoms with Crippen molar-refractivity contribution in [3.63, 3.8) is 0 Å². The van der Waals surface area contributed by atoms with Crippen molar-refractivity contribution in [1.82, 2.24) is 0 Å². The molecule has 2 atom stereocenters. The minimum atomic E-state index is -1.81. The van der Waals surface area contributed by atoms with E-state index < -0.39 is 90.9 Å². The Morgan fingerprint density at radius 2 is 0.942 bits per heavy atom. The highest BCUT2D eigenvalue weighted by Crippen LogP contribution is 2.56. The van der Waals surface area contributed by atoms with Crippen molar-refractivity contribution >= 4 is 43.9 Å². The van der Waals surface area contributed by atoms with Crippen molar-refractivity contribution in [3.05, 3.63) is 124 Å². The lowest BCUT2D eigenvalue weighted by Crippen LogP contribution is -2.42. The molecule has 0 amide bonds. The smallest absolute Gasteiger partial charge is 0.204 e. The van der Waals surface area contributed by atoms with E-state index in [0.29, 0.717) is 11.1 Å². The lowest BCUT2D eigenvalue weighted by atomic mass is 9.79. The van der Waals surface area contributed by atoms with Gasteiger partial charge in [0.25, 0.3) is 0 Å². The highest BCUT2D eigenvalue weighted by molar-refractivity contribution is 6.03. The van der Waals surface area contributed by atoms with Gasteiger partial charge in [0.1, 0.15) is 51.0 Å². The maximum absolute atomic E-state index is 15.1. The van der Waals surface area contributed by atoms with E-state index in [4.69, 9.17) is 13.6 Å². The Balaban J connectivity index is 1.59. The lowest BCUT2D eigenvalue weighted by Gasteiger charge is -2.30. The first-order chi connectivity index (χ1) is 32.3. The number of aliphatic hydroxyl groups is 1. The van der Waals surface area contributed by atoms with Crippen LogP contribution in [-0.4, -0.2) is 52.6 Å². The third-order valence-corrected chi connectivity index (χ3v) is 12.9. The Bertz CT molecular complexity index is 3380. The minimum Gasteiger partial charge on any atom is -0.507 e. The third kappa shape index (κ3) is 9.03. The van der Waals surface area contributed by atoms with E-state index in [-0.39, 0.29) is 75.4 Å². The van der Waals surface area contributed by atoms with E-state index in [1.165, 1.54) is 25.5 Å². The zero-order valence-electron chi connectivity index (χ0n) is 41.1. The van der Waals surface area contributed by atoms with Gasteiger partial charge in [-0.25, -0.2) is 0 Å². The number of rotatable bonds is 13. The summed E-state index contributed by atoms with van der Waals surface area (Å²) in [6.07, 6.45) is 10.3. The Hall–Kier alpha value is -7.12. The summed E-state index contributed by atoms with van der Waals surface area (Å²) < 4.78 is 19.3. The molecule has 7 rings (SSSR count). The van der Waals surface area contributed by atoms with Gasteiger partial charge in [-0.2, -0.15) is 0 Å². The summed E-state index contributed by atoms with van der Waals surface area (Å²) in [5.41, 5.74) is 0.898. The zero-order chi connectivity index (χ0) is 50.7. The molecule has 0 aliphatic carbocycles. The van der Waals surface area contributed by atoms with Crippen LogP contribution in [0.15, 0.2) is 88.8 Å². The van der Waals surface area contributed by atoms with E-state index in [9.17, 15) is 40.9 Å². The monoisotopic (exact) mass is 942 g/mol. The van der Waals surface area contributed by atoms with Crippen molar-refractivity contribution < 1.29 is 54.4 Å². The number of fused-ring (bicyclic) bond motifs is 6. The molecule has 69 heavy (non-hydrogen) atoms. The fraction of sp³-hybridized carbons (Fsp3) is 0.357. The van der Waals surface area contributed by atoms with Gasteiger partial charge in [-0.15, -0.1) is 0 Å². The Morgan fingerprint density at radius 1 is 0.522 bits per heavy atom. The molecule has 6 aromatic rings. The van der Waals surface area contributed by atoms with E-state index >= 15 is 9.59 Å². The summed E-state index contributed by atoms with van der Waals surface area (Å²) in [6, 6.07) is 2.11. The molecule has 3 heterocycles. The van der Waals surface area contributed by atoms with Gasteiger partial charge in [0, 0.05) is 34.4 Å². The van der Waals surface area contributed by atoms with Crippen LogP contribution in [0.2, 0.25) is 0 Å². The summed E-state index contributed by atoms with van der Waals surface area (Å²) in [5, 5.41) is 92.9. The number of phenols is 7. The number of hydrogen-bond acceptors (Lipinski definition) is 13. The molecule has 13 nitrogen and oxygen atoms in total. The summed E-state index contributed by atoms with van der Waals surface area (Å²) in [7, 11) is 0. The van der Waals surface area contributed by atoms with Crippen molar-refractivity contribution in [3.8, 4) is 46.0 Å². The summed E-state index contributed by atoms with van der Waals surface area (Å²) in [4.78, 5) is 30.1. The fourth-order valence-corrected chi connectivity index (χ4v) is 9.34. The molecule has 0 unspecified atom stereocenters. The predicted octanol–water partition coefficient (Wildman–Crippen LogP) is 11.6. The highest BCUT2D eigenvalue weighted by atomic mass is 16.5. The van der Waals surface area contributed by atoms with Gasteiger partial charge >= 0.3 is 0 Å². The van der Waals surface area contributed by atoms with Crippen molar-refractivity contribution in [2.45, 2.75) is 132 Å². The molecule has 1 aliphatic rings. The van der Waals surface area contributed by atoms with Gasteiger partial charge in [-0.3, -0.25) is 9.59 Å². The minimum absolute atomic E-state index is 0.0317. The van der Waals surface area contributed by atoms with Gasteiger partial charge in [0.15, 0.2) is 22.7 Å². The molecule has 0 saturated heterocycles. The quantitative estimate of drug-likeness (QED) is 0.0306. The van der Waals surface area contributed by atoms with Crippen LogP contribution < -0.4 is 15.6 Å². The summed E-state index contributed by atoms with van der Waals surface area (Å²) in [6.45, 7) is 20.1. The third-order valence-electron chi connectivity index (χ3n) is 12.9. The molecule has 0 fully saturated rings. The Morgan fingerprint density at radius 3 is 1.39 bits per heavy atom. The summed E-state index contributed by atoms with van der Waals surface area (Å²) in [5.74, 6) is -6.02. The topological polar surface area (TPSA) is 231 Å². The largest absolute Gasteiger partial charge is 0.507 e. The van der Waals surface area contributed by atoms with Crippen LogP contribution >= 0.6 is 0 Å². The molecule has 364 valence electrons. The number of hydrogen-bond donors (Lipinski definition) is 8. The average molecular weight is 943 g/mol. The second-order valence-corrected chi connectivity index (χ2v) is 19.8. The van der Waals surface area contributed by atoms with E-state index in [0.717, 1.165) is 41.2 Å². The molecular weight excluding hydrogens is 881 g/mol. The van der Waals surface area contributed by atoms with Crippen LogP contribution in [-0.2, 0) is 25.7 Å². The molecule has 1 aliphatic heterocycles. The maximum atomic E-state index is 15.1. The molecule has 0 saturated carbocycles. The van der Waals surface area contributed by atoms with Crippen LogP contribution in [0.5, 0.6) is 46.0 Å². The lowest BCUT2D eigenvalue weighted by molar-refractivity contribution is -0.0297. The number of ether oxygens (including phenoxy) is 1. The second kappa shape index (κ2) is 18.8. The molecule has 0 bridgehead atoms. The maximum Gasteiger partial charge on any atom is 0.204 e. The first-order valence-corrected chi connectivity index (χ1v) is 23.1. The van der Waals surface area contributed by atoms with Gasteiger partial charge in [-0.1, -0.05) is 58.2 Å². The molecule has 4 aromatic carbocycles. The Kier molecular flexibility index (Phi) is 13.5. The first-order valence-electron chi connectivity index (χ1n) is 23.1. The van der Waals surface area contributed by atoms with E-state index in [1.54, 1.807) is 0 Å². The number of allylic oxidation sites excluding steroid dienone is 10. The predicted molar refractivity (Wildman–Crippen MR) is 270 cm³/mol. The number of phenolic OH excluding ortho intramolecular Hbond substituents is 7. The zero-order valence-corrected chi connectivity index (χ0v) is 41.1. The van der Waals surface area contributed by atoms with Crippen LogP contribution in [0.4, 0.5) is 0 Å². The SMILES string of the molecule is CC(C)=CCC/C(C)=C/Cc1c(O)c(O)c2oc3c([C@@H]4c5c(cc(O)c6c(=O)c7c(CC=C(C)C)c(CC=C(C)C)c(O)c(O)c7oc56)O[C@H]4C(C)(C)O)c(O)cc(O)c3c(=O)c2c1CC=C(C)C. The van der Waals surface area contributed by atoms with Crippen molar-refractivity contribution in [2.24, 2.45) is 0 Å². The number of aromatic hydroxyl groups is 7. The molecule has 2 aromatic heterocycles. The van der Waals surface area contributed by atoms with E-state index in [2.05, 4.69) is 6.08 Å². The number of benzene rings is 4. The Labute approximate surface area is 399 Å². The molecule has 0 spiro atoms. The van der Waals surface area contributed by atoms with Crippen LogP contribution in [0, 0.1) is 0 Å². The van der Waals surface area contributed by atoms with E-state index in [1.807, 2.05) is 86.6 Å². The fourth-order valence-electron chi connectivity index (χ4n) is 9.34. The van der Waals surface area contributed by atoms with Crippen LogP contribution in [0.1, 0.15) is 128 Å². The highest BCUT2D eigenvalue weighted by Gasteiger charge is 2.49. The molecule has 8 N–H and O–H groups in total. The normalized spacial score (nSPS) is 14.9. The standard InChI is InChI=1S/C56H62O13/c1-25(2)13-12-14-29(9)18-22-33-31(20-16-27(5)6)39-47(62)41-35(58)23-34(57)40(51(41)68-53(39)50(65)46(33)61)44-43-37(67-55(44)56(10,11)66)24-36(59)42-48(63)38-30(19-15-26(3)4)32(21-17-28(7)8)45(60)49(64)54(38)69-52(42)43/h13,15-18,23-24,44,55,57-61,64-66H,12,14,19-22H2,1-11H3/b29-18+/t44-,55-/m1/s1. The molecule has 13 heteroatoms.